The SMILES string of the molecule is O=C([O-])c1ccc(OCCOc2ccc(C(O)(C(F)(F)F)C(F)(F)F)cc2)cc1. The summed E-state index contributed by atoms with van der Waals surface area (Å²) >= 11 is 0. The topological polar surface area (TPSA) is 78.8 Å². The van der Waals surface area contributed by atoms with E-state index in [1.165, 1.54) is 24.3 Å². The minimum atomic E-state index is -5.96. The highest BCUT2D eigenvalue weighted by Gasteiger charge is 2.71. The predicted octanol–water partition coefficient (Wildman–Crippen LogP) is 2.82. The number of alkyl halides is 6. The van der Waals surface area contributed by atoms with Crippen LogP contribution in [0.25, 0.3) is 0 Å². The predicted molar refractivity (Wildman–Crippen MR) is 84.2 cm³/mol. The van der Waals surface area contributed by atoms with E-state index >= 15 is 0 Å². The van der Waals surface area contributed by atoms with Crippen LogP contribution in [0.5, 0.6) is 11.5 Å². The van der Waals surface area contributed by atoms with E-state index in [2.05, 4.69) is 0 Å². The molecule has 0 aliphatic carbocycles. The molecule has 0 amide bonds. The van der Waals surface area contributed by atoms with Crippen molar-refractivity contribution in [2.24, 2.45) is 0 Å². The third-order valence-corrected chi connectivity index (χ3v) is 3.80. The van der Waals surface area contributed by atoms with Crippen LogP contribution >= 0.6 is 0 Å². The van der Waals surface area contributed by atoms with Crippen LogP contribution in [-0.4, -0.2) is 36.6 Å². The maximum Gasteiger partial charge on any atom is 0.430 e. The molecule has 29 heavy (non-hydrogen) atoms. The van der Waals surface area contributed by atoms with Crippen LogP contribution < -0.4 is 14.6 Å². The maximum atomic E-state index is 12.8. The van der Waals surface area contributed by atoms with Crippen molar-refractivity contribution in [2.75, 3.05) is 13.2 Å². The van der Waals surface area contributed by atoms with Gasteiger partial charge in [-0.25, -0.2) is 0 Å². The van der Waals surface area contributed by atoms with Crippen molar-refractivity contribution >= 4 is 5.97 Å². The van der Waals surface area contributed by atoms with E-state index in [-0.39, 0.29) is 24.5 Å². The Bertz CT molecular complexity index is 814. The van der Waals surface area contributed by atoms with Crippen molar-refractivity contribution in [3.63, 3.8) is 0 Å². The molecular weight excluding hydrogens is 410 g/mol. The summed E-state index contributed by atoms with van der Waals surface area (Å²) in [6, 6.07) is 7.90. The normalized spacial score (nSPS) is 12.5. The van der Waals surface area contributed by atoms with E-state index in [1.54, 1.807) is 0 Å². The van der Waals surface area contributed by atoms with E-state index < -0.39 is 29.5 Å². The molecule has 158 valence electrons. The third-order valence-electron chi connectivity index (χ3n) is 3.80. The summed E-state index contributed by atoms with van der Waals surface area (Å²) in [4.78, 5) is 10.6. The Morgan fingerprint density at radius 2 is 1.17 bits per heavy atom. The van der Waals surface area contributed by atoms with Crippen LogP contribution in [0.3, 0.4) is 0 Å². The molecule has 2 aromatic rings. The van der Waals surface area contributed by atoms with Crippen LogP contribution in [0.2, 0.25) is 0 Å². The van der Waals surface area contributed by atoms with Crippen molar-refractivity contribution in [1.82, 2.24) is 0 Å². The molecule has 5 nitrogen and oxygen atoms in total. The van der Waals surface area contributed by atoms with E-state index in [1.807, 2.05) is 0 Å². The number of halogens is 6. The minimum absolute atomic E-state index is 0.0402. The Morgan fingerprint density at radius 3 is 1.52 bits per heavy atom. The van der Waals surface area contributed by atoms with Crippen LogP contribution in [-0.2, 0) is 5.60 Å². The number of carboxylic acid groups (broad SMARTS) is 1. The summed E-state index contributed by atoms with van der Waals surface area (Å²) in [6.07, 6.45) is -11.9. The van der Waals surface area contributed by atoms with Gasteiger partial charge in [0.1, 0.15) is 24.7 Å². The smallest absolute Gasteiger partial charge is 0.430 e. The van der Waals surface area contributed by atoms with Crippen molar-refractivity contribution in [3.8, 4) is 11.5 Å². The molecule has 11 heteroatoms. The zero-order valence-electron chi connectivity index (χ0n) is 14.4. The molecule has 0 aliphatic rings. The van der Waals surface area contributed by atoms with Crippen LogP contribution in [0.1, 0.15) is 15.9 Å². The molecule has 0 heterocycles. The second-order valence-corrected chi connectivity index (χ2v) is 5.74. The monoisotopic (exact) mass is 423 g/mol. The average Bonchev–Trinajstić information content (AvgIpc) is 2.63. The van der Waals surface area contributed by atoms with E-state index in [4.69, 9.17) is 9.47 Å². The summed E-state index contributed by atoms with van der Waals surface area (Å²) in [5.41, 5.74) is -6.44. The molecule has 2 rings (SSSR count). The quantitative estimate of drug-likeness (QED) is 0.548. The Balaban J connectivity index is 1.96. The molecule has 0 saturated carbocycles. The fourth-order valence-electron chi connectivity index (χ4n) is 2.29. The van der Waals surface area contributed by atoms with Crippen LogP contribution in [0, 0.1) is 0 Å². The molecule has 2 aromatic carbocycles. The van der Waals surface area contributed by atoms with E-state index in [0.29, 0.717) is 17.9 Å². The van der Waals surface area contributed by atoms with Gasteiger partial charge >= 0.3 is 12.4 Å². The lowest BCUT2D eigenvalue weighted by Crippen LogP contribution is -2.53. The number of carbonyl (C=O) groups is 1. The fourth-order valence-corrected chi connectivity index (χ4v) is 2.29. The number of rotatable bonds is 7. The average molecular weight is 423 g/mol. The first-order valence-corrected chi connectivity index (χ1v) is 7.89. The van der Waals surface area contributed by atoms with Gasteiger partial charge in [-0.2, -0.15) is 26.3 Å². The van der Waals surface area contributed by atoms with Gasteiger partial charge in [0.05, 0.1) is 5.97 Å². The summed E-state index contributed by atoms with van der Waals surface area (Å²) in [7, 11) is 0. The first kappa shape index (κ1) is 22.3. The number of ether oxygens (including phenoxy) is 2. The Hall–Kier alpha value is -2.95. The van der Waals surface area contributed by atoms with Gasteiger partial charge < -0.3 is 24.5 Å². The number of benzene rings is 2. The minimum Gasteiger partial charge on any atom is -0.545 e. The number of aromatic carboxylic acids is 1. The van der Waals surface area contributed by atoms with Crippen LogP contribution in [0.4, 0.5) is 26.3 Å². The first-order chi connectivity index (χ1) is 13.4. The highest BCUT2D eigenvalue weighted by molar-refractivity contribution is 5.85. The molecule has 0 saturated heterocycles. The van der Waals surface area contributed by atoms with Gasteiger partial charge in [0.15, 0.2) is 0 Å². The lowest BCUT2D eigenvalue weighted by molar-refractivity contribution is -0.376. The maximum absolute atomic E-state index is 12.8. The number of hydrogen-bond donors (Lipinski definition) is 1. The largest absolute Gasteiger partial charge is 0.545 e. The number of aliphatic hydroxyl groups is 1. The Kier molecular flexibility index (Phi) is 6.31. The molecule has 0 aromatic heterocycles. The molecule has 0 fully saturated rings. The van der Waals surface area contributed by atoms with Gasteiger partial charge in [0.2, 0.25) is 0 Å². The van der Waals surface area contributed by atoms with Crippen molar-refractivity contribution in [2.45, 2.75) is 18.0 Å². The van der Waals surface area contributed by atoms with Gasteiger partial charge in [-0.15, -0.1) is 0 Å². The first-order valence-electron chi connectivity index (χ1n) is 7.89. The molecule has 0 bridgehead atoms. The van der Waals surface area contributed by atoms with Crippen molar-refractivity contribution in [3.05, 3.63) is 59.7 Å². The lowest BCUT2D eigenvalue weighted by Gasteiger charge is -2.32. The third kappa shape index (κ3) is 4.91. The van der Waals surface area contributed by atoms with E-state index in [9.17, 15) is 41.4 Å². The highest BCUT2D eigenvalue weighted by atomic mass is 19.4. The van der Waals surface area contributed by atoms with Gasteiger partial charge in [-0.3, -0.25) is 0 Å². The molecular formula is C18H13F6O5-. The van der Waals surface area contributed by atoms with Gasteiger partial charge in [-0.1, -0.05) is 12.1 Å². The fraction of sp³-hybridized carbons (Fsp3) is 0.278. The highest BCUT2D eigenvalue weighted by Crippen LogP contribution is 2.50. The summed E-state index contributed by atoms with van der Waals surface area (Å²) in [6.45, 7) is -0.147. The standard InChI is InChI=1S/C18H14F6O5/c19-17(20,21)16(27,18(22,23)24)12-3-7-14(8-4-12)29-10-9-28-13-5-1-11(2-6-13)15(25)26/h1-8,27H,9-10H2,(H,25,26)/p-1. The molecule has 1 N–H and O–H groups in total. The second kappa shape index (κ2) is 8.19. The van der Waals surface area contributed by atoms with Gasteiger partial charge in [0.25, 0.3) is 5.60 Å². The van der Waals surface area contributed by atoms with Gasteiger partial charge in [-0.05, 0) is 42.0 Å². The number of carbonyl (C=O) groups excluding carboxylic acids is 1. The summed E-state index contributed by atoms with van der Waals surface area (Å²) < 4.78 is 87.3. The van der Waals surface area contributed by atoms with E-state index in [0.717, 1.165) is 12.1 Å². The zero-order valence-corrected chi connectivity index (χ0v) is 14.4. The summed E-state index contributed by atoms with van der Waals surface area (Å²) in [5.74, 6) is -1.09. The van der Waals surface area contributed by atoms with Gasteiger partial charge in [0, 0.05) is 5.56 Å². The molecule has 0 radical (unpaired) electrons. The number of carboxylic acids is 1. The number of hydrogen-bond acceptors (Lipinski definition) is 5. The molecule has 0 atom stereocenters. The molecule has 0 spiro atoms. The summed E-state index contributed by atoms with van der Waals surface area (Å²) in [5, 5.41) is 19.9. The zero-order chi connectivity index (χ0) is 21.9. The Morgan fingerprint density at radius 1 is 0.793 bits per heavy atom. The van der Waals surface area contributed by atoms with Crippen LogP contribution in [0.15, 0.2) is 48.5 Å². The molecule has 0 unspecified atom stereocenters. The Labute approximate surface area is 160 Å². The second-order valence-electron chi connectivity index (χ2n) is 5.74. The molecule has 0 aliphatic heterocycles. The lowest BCUT2D eigenvalue weighted by atomic mass is 9.92. The van der Waals surface area contributed by atoms with Crippen molar-refractivity contribution in [1.29, 1.82) is 0 Å². The van der Waals surface area contributed by atoms with Crippen molar-refractivity contribution < 1.29 is 50.8 Å².